The number of benzene rings is 1. The maximum Gasteiger partial charge on any atom is 0.305 e. The number of nitrogens with one attached hydrogen (secondary N) is 2. The van der Waals surface area contributed by atoms with Crippen LogP contribution in [0, 0.1) is 0 Å². The van der Waals surface area contributed by atoms with E-state index in [-0.39, 0.29) is 18.0 Å². The maximum absolute atomic E-state index is 11.9. The Morgan fingerprint density at radius 2 is 2.16 bits per heavy atom. The predicted molar refractivity (Wildman–Crippen MR) is 74.5 cm³/mol. The van der Waals surface area contributed by atoms with Gasteiger partial charge in [-0.05, 0) is 23.9 Å². The zero-order chi connectivity index (χ0) is 13.8. The molecule has 0 aliphatic rings. The molecule has 0 saturated carbocycles. The molecule has 19 heavy (non-hydrogen) atoms. The molecule has 100 valence electrons. The molecule has 5 nitrogen and oxygen atoms in total. The molecular formula is C14H16N2O3. The number of hydrogen-bond acceptors (Lipinski definition) is 3. The van der Waals surface area contributed by atoms with Crippen LogP contribution < -0.4 is 10.9 Å². The summed E-state index contributed by atoms with van der Waals surface area (Å²) in [4.78, 5) is 25.3. The number of fused-ring (bicyclic) bond motifs is 1. The van der Waals surface area contributed by atoms with Crippen LogP contribution >= 0.6 is 0 Å². The van der Waals surface area contributed by atoms with Crippen LogP contribution in [-0.4, -0.2) is 22.1 Å². The van der Waals surface area contributed by atoms with Crippen LogP contribution in [0.15, 0.2) is 35.1 Å². The van der Waals surface area contributed by atoms with Gasteiger partial charge >= 0.3 is 5.97 Å². The molecule has 1 aromatic carbocycles. The molecular weight excluding hydrogens is 244 g/mol. The van der Waals surface area contributed by atoms with E-state index >= 15 is 0 Å². The molecule has 0 spiro atoms. The topological polar surface area (TPSA) is 82.2 Å². The van der Waals surface area contributed by atoms with Crippen LogP contribution in [0.25, 0.3) is 10.8 Å². The van der Waals surface area contributed by atoms with E-state index in [1.54, 1.807) is 6.07 Å². The summed E-state index contributed by atoms with van der Waals surface area (Å²) in [6.45, 7) is 1.90. The second-order valence-electron chi connectivity index (χ2n) is 4.45. The predicted octanol–water partition coefficient (Wildman–Crippen LogP) is 2.19. The Kier molecular flexibility index (Phi) is 3.85. The third-order valence-corrected chi connectivity index (χ3v) is 3.03. The molecule has 0 radical (unpaired) electrons. The monoisotopic (exact) mass is 260 g/mol. The lowest BCUT2D eigenvalue weighted by atomic mass is 10.1. The van der Waals surface area contributed by atoms with E-state index in [1.807, 2.05) is 31.2 Å². The second kappa shape index (κ2) is 5.56. The third-order valence-electron chi connectivity index (χ3n) is 3.03. The maximum atomic E-state index is 11.9. The molecule has 0 aliphatic carbocycles. The largest absolute Gasteiger partial charge is 0.481 e. The average Bonchev–Trinajstić information content (AvgIpc) is 2.37. The number of anilines is 1. The van der Waals surface area contributed by atoms with Crippen LogP contribution in [-0.2, 0) is 4.79 Å². The van der Waals surface area contributed by atoms with Gasteiger partial charge in [0.25, 0.3) is 5.56 Å². The summed E-state index contributed by atoms with van der Waals surface area (Å²) < 4.78 is 0. The van der Waals surface area contributed by atoms with Crippen molar-refractivity contribution in [2.75, 3.05) is 5.32 Å². The first-order valence-electron chi connectivity index (χ1n) is 6.20. The highest BCUT2D eigenvalue weighted by molar-refractivity contribution is 5.83. The van der Waals surface area contributed by atoms with Gasteiger partial charge in [-0.2, -0.15) is 0 Å². The number of carbonyl (C=O) groups is 1. The summed E-state index contributed by atoms with van der Waals surface area (Å²) in [7, 11) is 0. The van der Waals surface area contributed by atoms with Crippen LogP contribution in [0.5, 0.6) is 0 Å². The SMILES string of the molecule is CCC(CC(=O)O)Nc1cc2ccccc2c(=O)[nH]1. The number of aromatic amines is 1. The van der Waals surface area contributed by atoms with Crippen molar-refractivity contribution in [2.45, 2.75) is 25.8 Å². The van der Waals surface area contributed by atoms with E-state index in [2.05, 4.69) is 10.3 Å². The average molecular weight is 260 g/mol. The zero-order valence-electron chi connectivity index (χ0n) is 10.6. The lowest BCUT2D eigenvalue weighted by Gasteiger charge is -2.16. The van der Waals surface area contributed by atoms with Crippen LogP contribution in [0.3, 0.4) is 0 Å². The zero-order valence-corrected chi connectivity index (χ0v) is 10.6. The van der Waals surface area contributed by atoms with Crippen molar-refractivity contribution < 1.29 is 9.90 Å². The Bertz CT molecular complexity index is 648. The summed E-state index contributed by atoms with van der Waals surface area (Å²) >= 11 is 0. The molecule has 0 saturated heterocycles. The van der Waals surface area contributed by atoms with Crippen molar-refractivity contribution in [3.63, 3.8) is 0 Å². The van der Waals surface area contributed by atoms with Gasteiger partial charge in [-0.15, -0.1) is 0 Å². The Morgan fingerprint density at radius 1 is 1.42 bits per heavy atom. The van der Waals surface area contributed by atoms with Crippen molar-refractivity contribution in [3.05, 3.63) is 40.7 Å². The number of pyridine rings is 1. The van der Waals surface area contributed by atoms with Crippen LogP contribution in [0.2, 0.25) is 0 Å². The molecule has 1 atom stereocenters. The second-order valence-corrected chi connectivity index (χ2v) is 4.45. The minimum Gasteiger partial charge on any atom is -0.481 e. The van der Waals surface area contributed by atoms with E-state index in [9.17, 15) is 9.59 Å². The molecule has 0 fully saturated rings. The Hall–Kier alpha value is -2.30. The molecule has 1 heterocycles. The first kappa shape index (κ1) is 13.1. The van der Waals surface area contributed by atoms with Crippen molar-refractivity contribution in [1.82, 2.24) is 4.98 Å². The van der Waals surface area contributed by atoms with Gasteiger partial charge < -0.3 is 15.4 Å². The highest BCUT2D eigenvalue weighted by atomic mass is 16.4. The summed E-state index contributed by atoms with van der Waals surface area (Å²) in [5.41, 5.74) is -0.175. The number of carboxylic acids is 1. The molecule has 2 aromatic rings. The normalized spacial score (nSPS) is 12.3. The fraction of sp³-hybridized carbons (Fsp3) is 0.286. The van der Waals surface area contributed by atoms with Crippen molar-refractivity contribution in [2.24, 2.45) is 0 Å². The number of aromatic nitrogens is 1. The third kappa shape index (κ3) is 3.13. The van der Waals surface area contributed by atoms with E-state index in [1.165, 1.54) is 0 Å². The van der Waals surface area contributed by atoms with E-state index in [0.29, 0.717) is 17.6 Å². The van der Waals surface area contributed by atoms with E-state index in [0.717, 1.165) is 5.39 Å². The highest BCUT2D eigenvalue weighted by Crippen LogP contribution is 2.14. The first-order valence-corrected chi connectivity index (χ1v) is 6.20. The van der Waals surface area contributed by atoms with Gasteiger partial charge in [0.15, 0.2) is 0 Å². The highest BCUT2D eigenvalue weighted by Gasteiger charge is 2.11. The number of aliphatic carboxylic acids is 1. The lowest BCUT2D eigenvalue weighted by Crippen LogP contribution is -2.24. The molecule has 2 rings (SSSR count). The van der Waals surface area contributed by atoms with E-state index < -0.39 is 5.97 Å². The Labute approximate surface area is 110 Å². The van der Waals surface area contributed by atoms with Gasteiger partial charge in [0.05, 0.1) is 6.42 Å². The van der Waals surface area contributed by atoms with Gasteiger partial charge in [-0.3, -0.25) is 9.59 Å². The Balaban J connectivity index is 2.30. The van der Waals surface area contributed by atoms with Gasteiger partial charge in [0, 0.05) is 11.4 Å². The number of hydrogen-bond donors (Lipinski definition) is 3. The number of rotatable bonds is 5. The van der Waals surface area contributed by atoms with Crippen molar-refractivity contribution in [3.8, 4) is 0 Å². The van der Waals surface area contributed by atoms with Crippen LogP contribution in [0.1, 0.15) is 19.8 Å². The molecule has 0 amide bonds. The van der Waals surface area contributed by atoms with Gasteiger partial charge in [0.1, 0.15) is 5.82 Å². The fourth-order valence-corrected chi connectivity index (χ4v) is 2.02. The summed E-state index contributed by atoms with van der Waals surface area (Å²) in [5, 5.41) is 13.3. The molecule has 3 N–H and O–H groups in total. The number of H-pyrrole nitrogens is 1. The standard InChI is InChI=1S/C14H16N2O3/c1-2-10(8-13(17)18)15-12-7-9-5-3-4-6-11(9)14(19)16-12/h3-7,10H,2,8H2,1H3,(H,17,18)(H2,15,16,19). The van der Waals surface area contributed by atoms with Crippen molar-refractivity contribution >= 4 is 22.6 Å². The molecule has 1 unspecified atom stereocenters. The minimum atomic E-state index is -0.859. The smallest absolute Gasteiger partial charge is 0.305 e. The summed E-state index contributed by atoms with van der Waals surface area (Å²) in [5.74, 6) is -0.306. The van der Waals surface area contributed by atoms with Crippen molar-refractivity contribution in [1.29, 1.82) is 0 Å². The minimum absolute atomic E-state index is 0.0192. The van der Waals surface area contributed by atoms with Gasteiger partial charge in [-0.1, -0.05) is 25.1 Å². The Morgan fingerprint density at radius 3 is 2.84 bits per heavy atom. The van der Waals surface area contributed by atoms with Crippen LogP contribution in [0.4, 0.5) is 5.82 Å². The van der Waals surface area contributed by atoms with Gasteiger partial charge in [0.2, 0.25) is 0 Å². The molecule has 5 heteroatoms. The quantitative estimate of drug-likeness (QED) is 0.769. The van der Waals surface area contributed by atoms with E-state index in [4.69, 9.17) is 5.11 Å². The summed E-state index contributed by atoms with van der Waals surface area (Å²) in [6, 6.07) is 8.90. The molecule has 0 aliphatic heterocycles. The lowest BCUT2D eigenvalue weighted by molar-refractivity contribution is -0.137. The molecule has 1 aromatic heterocycles. The number of carboxylic acid groups (broad SMARTS) is 1. The molecule has 0 bridgehead atoms. The summed E-state index contributed by atoms with van der Waals surface area (Å²) in [6.07, 6.45) is 0.687. The first-order chi connectivity index (χ1) is 9.10. The van der Waals surface area contributed by atoms with Gasteiger partial charge in [-0.25, -0.2) is 0 Å². The fourth-order valence-electron chi connectivity index (χ4n) is 2.02.